The third-order valence-electron chi connectivity index (χ3n) is 8.41. The highest BCUT2D eigenvalue weighted by Gasteiger charge is 2.48. The number of aliphatic hydroxyl groups excluding tert-OH is 7. The molecule has 0 aliphatic carbocycles. The average molecular weight is 639 g/mol. The van der Waals surface area contributed by atoms with Crippen molar-refractivity contribution in [3.8, 4) is 23.0 Å². The quantitative estimate of drug-likeness (QED) is 0.168. The highest BCUT2D eigenvalue weighted by atomic mass is 16.7. The van der Waals surface area contributed by atoms with Gasteiger partial charge < -0.3 is 69.3 Å². The molecular formula is C30H38O15. The van der Waals surface area contributed by atoms with Crippen molar-refractivity contribution in [2.24, 2.45) is 0 Å². The molecule has 2 fully saturated rings. The van der Waals surface area contributed by atoms with Gasteiger partial charge in [-0.25, -0.2) is 0 Å². The van der Waals surface area contributed by atoms with Gasteiger partial charge in [0.25, 0.3) is 0 Å². The molecule has 8 N–H and O–H groups in total. The van der Waals surface area contributed by atoms with Gasteiger partial charge in [-0.2, -0.15) is 0 Å². The van der Waals surface area contributed by atoms with Crippen LogP contribution in [0.3, 0.4) is 0 Å². The van der Waals surface area contributed by atoms with Gasteiger partial charge in [0.05, 0.1) is 26.7 Å². The maximum atomic E-state index is 13.2. The predicted octanol–water partition coefficient (Wildman–Crippen LogP) is -1.27. The minimum absolute atomic E-state index is 0.00401. The normalized spacial score (nSPS) is 35.0. The van der Waals surface area contributed by atoms with Gasteiger partial charge in [-0.15, -0.1) is 0 Å². The summed E-state index contributed by atoms with van der Waals surface area (Å²) in [7, 11) is 1.53. The molecule has 0 saturated carbocycles. The number of hydrogen-bond donors (Lipinski definition) is 8. The Morgan fingerprint density at radius 1 is 0.822 bits per heavy atom. The van der Waals surface area contributed by atoms with Crippen LogP contribution in [0, 0.1) is 13.8 Å². The zero-order valence-electron chi connectivity index (χ0n) is 24.7. The summed E-state index contributed by atoms with van der Waals surface area (Å²) >= 11 is 0. The van der Waals surface area contributed by atoms with Gasteiger partial charge in [0.2, 0.25) is 6.29 Å². The fraction of sp³-hybridized carbons (Fsp3) is 0.567. The maximum Gasteiger partial charge on any atom is 0.229 e. The Morgan fingerprint density at radius 2 is 1.42 bits per heavy atom. The summed E-state index contributed by atoms with van der Waals surface area (Å²) in [5, 5.41) is 82.6. The zero-order valence-corrected chi connectivity index (χ0v) is 24.7. The molecule has 11 atom stereocenters. The van der Waals surface area contributed by atoms with Gasteiger partial charge in [0.15, 0.2) is 12.1 Å². The summed E-state index contributed by atoms with van der Waals surface area (Å²) in [6.07, 6.45) is -16.8. The molecule has 3 aliphatic rings. The minimum atomic E-state index is -1.80. The number of carbonyl (C=O) groups is 1. The van der Waals surface area contributed by atoms with Crippen molar-refractivity contribution in [2.45, 2.75) is 87.8 Å². The topological polar surface area (TPSA) is 234 Å². The van der Waals surface area contributed by atoms with Crippen LogP contribution in [0.2, 0.25) is 0 Å². The highest BCUT2D eigenvalue weighted by Crippen LogP contribution is 2.48. The lowest BCUT2D eigenvalue weighted by Gasteiger charge is -2.42. The average Bonchev–Trinajstić information content (AvgIpc) is 3.04. The lowest BCUT2D eigenvalue weighted by molar-refractivity contribution is -0.323. The van der Waals surface area contributed by atoms with Crippen molar-refractivity contribution in [2.75, 3.05) is 20.3 Å². The van der Waals surface area contributed by atoms with E-state index < -0.39 is 86.5 Å². The van der Waals surface area contributed by atoms with E-state index in [4.69, 9.17) is 28.4 Å². The van der Waals surface area contributed by atoms with Crippen LogP contribution in [0.4, 0.5) is 0 Å². The molecule has 0 aromatic heterocycles. The first kappa shape index (κ1) is 33.3. The predicted molar refractivity (Wildman–Crippen MR) is 150 cm³/mol. The smallest absolute Gasteiger partial charge is 0.229 e. The minimum Gasteiger partial charge on any atom is -0.507 e. The van der Waals surface area contributed by atoms with Gasteiger partial charge in [0, 0.05) is 11.1 Å². The number of Topliss-reactive ketones (excluding diaryl/α,β-unsaturated/α-hetero) is 1. The third kappa shape index (κ3) is 6.20. The number of methoxy groups -OCH3 is 1. The van der Waals surface area contributed by atoms with Gasteiger partial charge in [-0.1, -0.05) is 12.1 Å². The molecular weight excluding hydrogens is 600 g/mol. The molecule has 5 rings (SSSR count). The van der Waals surface area contributed by atoms with Crippen molar-refractivity contribution in [3.63, 3.8) is 0 Å². The number of aromatic hydroxyl groups is 1. The van der Waals surface area contributed by atoms with E-state index in [-0.39, 0.29) is 34.8 Å². The van der Waals surface area contributed by atoms with E-state index in [1.165, 1.54) is 14.0 Å². The first-order chi connectivity index (χ1) is 21.4. The molecule has 3 heterocycles. The summed E-state index contributed by atoms with van der Waals surface area (Å²) in [6.45, 7) is 1.84. The standard InChI is InChI=1S/C30H38O15/c1-11-20(33)19-15(32)8-16(13-4-6-14(40-3)7-5-13)42-28(19)12(2)27(11)45-30-26(39)24(37)22(35)18(44-30)10-41-29-25(38)23(36)21(34)17(9-31)43-29/h4-7,16-18,21-26,29-31,33-39H,8-10H2,1-3H3/t16-,17+,18+,21+,22+,23-,24-,25+,26+,29+,30-/m0/s1. The molecule has 248 valence electrons. The van der Waals surface area contributed by atoms with Gasteiger partial charge in [0.1, 0.15) is 83.5 Å². The largest absolute Gasteiger partial charge is 0.507 e. The second-order valence-corrected chi connectivity index (χ2v) is 11.3. The van der Waals surface area contributed by atoms with Crippen LogP contribution >= 0.6 is 0 Å². The molecule has 2 aromatic rings. The van der Waals surface area contributed by atoms with Crippen molar-refractivity contribution in [1.82, 2.24) is 0 Å². The molecule has 0 radical (unpaired) electrons. The lowest BCUT2D eigenvalue weighted by atomic mass is 9.91. The first-order valence-electron chi connectivity index (χ1n) is 14.4. The van der Waals surface area contributed by atoms with E-state index in [9.17, 15) is 45.6 Å². The summed E-state index contributed by atoms with van der Waals surface area (Å²) in [6, 6.07) is 6.97. The lowest BCUT2D eigenvalue weighted by Crippen LogP contribution is -2.62. The van der Waals surface area contributed by atoms with Crippen LogP contribution in [-0.2, 0) is 14.2 Å². The van der Waals surface area contributed by atoms with Gasteiger partial charge >= 0.3 is 0 Å². The fourth-order valence-electron chi connectivity index (χ4n) is 5.68. The number of carbonyl (C=O) groups excluding carboxylic acids is 1. The number of rotatable bonds is 8. The highest BCUT2D eigenvalue weighted by molar-refractivity contribution is 6.03. The molecule has 45 heavy (non-hydrogen) atoms. The third-order valence-corrected chi connectivity index (χ3v) is 8.41. The number of benzene rings is 2. The Morgan fingerprint density at radius 3 is 2.04 bits per heavy atom. The Bertz CT molecular complexity index is 1360. The van der Waals surface area contributed by atoms with E-state index in [2.05, 4.69) is 0 Å². The number of aliphatic hydroxyl groups is 7. The van der Waals surface area contributed by atoms with Crippen LogP contribution in [0.5, 0.6) is 23.0 Å². The number of ketones is 1. The monoisotopic (exact) mass is 638 g/mol. The van der Waals surface area contributed by atoms with E-state index in [0.29, 0.717) is 16.9 Å². The molecule has 15 nitrogen and oxygen atoms in total. The number of fused-ring (bicyclic) bond motifs is 1. The molecule has 2 aromatic carbocycles. The van der Waals surface area contributed by atoms with E-state index >= 15 is 0 Å². The zero-order chi connectivity index (χ0) is 32.7. The van der Waals surface area contributed by atoms with Gasteiger partial charge in [-0.05, 0) is 31.5 Å². The fourth-order valence-corrected chi connectivity index (χ4v) is 5.68. The van der Waals surface area contributed by atoms with E-state index in [1.54, 1.807) is 31.2 Å². The Labute approximate surface area is 257 Å². The van der Waals surface area contributed by atoms with Crippen LogP contribution in [0.1, 0.15) is 39.6 Å². The van der Waals surface area contributed by atoms with Crippen LogP contribution < -0.4 is 14.2 Å². The van der Waals surface area contributed by atoms with Crippen LogP contribution in [0.15, 0.2) is 24.3 Å². The first-order valence-corrected chi connectivity index (χ1v) is 14.4. The second kappa shape index (κ2) is 13.3. The summed E-state index contributed by atoms with van der Waals surface area (Å²) in [5.74, 6) is -0.0618. The summed E-state index contributed by atoms with van der Waals surface area (Å²) < 4.78 is 33.8. The molecule has 0 spiro atoms. The van der Waals surface area contributed by atoms with Crippen molar-refractivity contribution >= 4 is 5.78 Å². The Kier molecular flexibility index (Phi) is 9.86. The number of ether oxygens (including phenoxy) is 6. The van der Waals surface area contributed by atoms with Crippen molar-refractivity contribution in [3.05, 3.63) is 46.5 Å². The molecule has 0 bridgehead atoms. The summed E-state index contributed by atoms with van der Waals surface area (Å²) in [5.41, 5.74) is 1.12. The van der Waals surface area contributed by atoms with Crippen molar-refractivity contribution in [1.29, 1.82) is 0 Å². The molecule has 0 unspecified atom stereocenters. The SMILES string of the molecule is COc1ccc([C@@H]2CC(=O)c3c(O)c(C)c(O[C@@H]4O[C@H](CO[C@@H]5O[C@H](CO)[C@@H](O)[C@H](O)[C@H]5O)[C@@H](O)[C@H](O)[C@H]4O)c(C)c3O2)cc1. The second-order valence-electron chi connectivity index (χ2n) is 11.3. The molecule has 3 aliphatic heterocycles. The number of phenols is 1. The van der Waals surface area contributed by atoms with Crippen molar-refractivity contribution < 1.29 is 74.1 Å². The van der Waals surface area contributed by atoms with Gasteiger partial charge in [-0.3, -0.25) is 4.79 Å². The van der Waals surface area contributed by atoms with E-state index in [1.807, 2.05) is 0 Å². The summed E-state index contributed by atoms with van der Waals surface area (Å²) in [4.78, 5) is 13.2. The molecule has 2 saturated heterocycles. The molecule has 15 heteroatoms. The number of hydrogen-bond acceptors (Lipinski definition) is 15. The van der Waals surface area contributed by atoms with Crippen LogP contribution in [0.25, 0.3) is 0 Å². The Balaban J connectivity index is 1.36. The number of phenolic OH excluding ortho intramolecular Hbond substituents is 1. The van der Waals surface area contributed by atoms with Crippen LogP contribution in [-0.4, -0.2) is 128 Å². The molecule has 0 amide bonds. The maximum absolute atomic E-state index is 13.2. The Hall–Kier alpha value is -3.09. The van der Waals surface area contributed by atoms with E-state index in [0.717, 1.165) is 0 Å².